The number of aliphatic hydroxyl groups is 1. The third-order valence-corrected chi connectivity index (χ3v) is 5.47. The quantitative estimate of drug-likeness (QED) is 0.612. The molecule has 6 nitrogen and oxygen atoms in total. The van der Waals surface area contributed by atoms with Crippen LogP contribution in [-0.4, -0.2) is 48.5 Å². The highest BCUT2D eigenvalue weighted by molar-refractivity contribution is 5.99. The molecule has 0 atom stereocenters. The fraction of sp³-hybridized carbons (Fsp3) is 0.273. The predicted octanol–water partition coefficient (Wildman–Crippen LogP) is 2.92. The van der Waals surface area contributed by atoms with E-state index in [1.807, 2.05) is 0 Å². The van der Waals surface area contributed by atoms with E-state index in [0.717, 1.165) is 6.08 Å². The number of carbonyl (C=O) groups excluding carboxylic acids is 1. The lowest BCUT2D eigenvalue weighted by molar-refractivity contribution is -0.140. The van der Waals surface area contributed by atoms with Crippen LogP contribution in [0.5, 0.6) is 0 Å². The Bertz CT molecular complexity index is 1070. The number of benzene rings is 1. The fourth-order valence-corrected chi connectivity index (χ4v) is 3.56. The van der Waals surface area contributed by atoms with Gasteiger partial charge in [-0.25, -0.2) is 4.39 Å². The first-order chi connectivity index (χ1) is 15.2. The van der Waals surface area contributed by atoms with E-state index in [0.29, 0.717) is 22.5 Å². The largest absolute Gasteiger partial charge is 0.430 e. The van der Waals surface area contributed by atoms with Crippen LogP contribution in [0.15, 0.2) is 59.9 Å². The lowest BCUT2D eigenvalue weighted by atomic mass is 9.80. The van der Waals surface area contributed by atoms with E-state index >= 15 is 0 Å². The third kappa shape index (κ3) is 4.11. The number of nitrogens with one attached hydrogen (secondary N) is 2. The highest BCUT2D eigenvalue weighted by Crippen LogP contribution is 2.34. The van der Waals surface area contributed by atoms with Crippen LogP contribution < -0.4 is 10.6 Å². The molecule has 32 heavy (non-hydrogen) atoms. The van der Waals surface area contributed by atoms with E-state index in [4.69, 9.17) is 4.74 Å². The number of dihydropyridines is 1. The summed E-state index contributed by atoms with van der Waals surface area (Å²) >= 11 is 0. The molecule has 0 aliphatic carbocycles. The molecule has 2 aliphatic rings. The number of alkyl halides is 3. The van der Waals surface area contributed by atoms with Crippen LogP contribution in [0.4, 0.5) is 23.2 Å². The van der Waals surface area contributed by atoms with Crippen LogP contribution in [-0.2, 0) is 14.9 Å². The van der Waals surface area contributed by atoms with E-state index in [1.165, 1.54) is 30.5 Å². The standard InChI is InChI=1S/C22H19F4N3O3/c23-15-2-4-16(5-3-15)29-20(31)21(11-32-12-21)18-6-1-13(8-27-18)17-9-28-19(22(24,25)26)7-14(17)10-30/h1-8,28,30H,9-12H2,(H,29,31). The Morgan fingerprint density at radius 2 is 1.91 bits per heavy atom. The summed E-state index contributed by atoms with van der Waals surface area (Å²) in [6, 6.07) is 8.61. The molecule has 2 aliphatic heterocycles. The van der Waals surface area contributed by atoms with Gasteiger partial charge in [0, 0.05) is 18.4 Å². The van der Waals surface area contributed by atoms with Gasteiger partial charge in [0.2, 0.25) is 5.91 Å². The summed E-state index contributed by atoms with van der Waals surface area (Å²) in [5.74, 6) is -0.782. The first-order valence-electron chi connectivity index (χ1n) is 9.70. The number of ether oxygens (including phenoxy) is 1. The summed E-state index contributed by atoms with van der Waals surface area (Å²) in [6.45, 7) is -0.468. The molecule has 1 aromatic heterocycles. The second-order valence-corrected chi connectivity index (χ2v) is 7.54. The Morgan fingerprint density at radius 3 is 2.44 bits per heavy atom. The number of anilines is 1. The lowest BCUT2D eigenvalue weighted by Gasteiger charge is -2.39. The Hall–Kier alpha value is -3.24. The van der Waals surface area contributed by atoms with E-state index in [2.05, 4.69) is 15.6 Å². The van der Waals surface area contributed by atoms with Crippen molar-refractivity contribution in [2.24, 2.45) is 0 Å². The summed E-state index contributed by atoms with van der Waals surface area (Å²) in [5.41, 5.74) is 0.0617. The molecular formula is C22H19F4N3O3. The zero-order valence-electron chi connectivity index (χ0n) is 16.7. The van der Waals surface area contributed by atoms with Crippen molar-refractivity contribution < 1.29 is 32.2 Å². The number of hydrogen-bond donors (Lipinski definition) is 3. The number of pyridine rings is 1. The summed E-state index contributed by atoms with van der Waals surface area (Å²) in [7, 11) is 0. The highest BCUT2D eigenvalue weighted by atomic mass is 19.4. The minimum Gasteiger partial charge on any atom is -0.392 e. The number of rotatable bonds is 5. The van der Waals surface area contributed by atoms with Gasteiger partial charge in [0.25, 0.3) is 0 Å². The van der Waals surface area contributed by atoms with Crippen LogP contribution in [0.3, 0.4) is 0 Å². The van der Waals surface area contributed by atoms with Gasteiger partial charge >= 0.3 is 6.18 Å². The number of halogens is 4. The van der Waals surface area contributed by atoms with E-state index in [1.54, 1.807) is 12.1 Å². The zero-order valence-corrected chi connectivity index (χ0v) is 16.7. The van der Waals surface area contributed by atoms with Crippen molar-refractivity contribution in [2.75, 3.05) is 31.7 Å². The molecule has 0 radical (unpaired) electrons. The molecule has 0 unspecified atom stereocenters. The Kier molecular flexibility index (Phi) is 5.74. The number of hydrogen-bond acceptors (Lipinski definition) is 5. The highest BCUT2D eigenvalue weighted by Gasteiger charge is 2.49. The summed E-state index contributed by atoms with van der Waals surface area (Å²) in [6.07, 6.45) is -2.20. The van der Waals surface area contributed by atoms with Gasteiger partial charge in [0.05, 0.1) is 25.5 Å². The minimum atomic E-state index is -4.54. The van der Waals surface area contributed by atoms with Crippen LogP contribution >= 0.6 is 0 Å². The molecule has 1 saturated heterocycles. The molecule has 10 heteroatoms. The normalized spacial score (nSPS) is 17.8. The second-order valence-electron chi connectivity index (χ2n) is 7.54. The molecule has 3 N–H and O–H groups in total. The zero-order chi connectivity index (χ0) is 22.9. The van der Waals surface area contributed by atoms with Crippen LogP contribution in [0, 0.1) is 5.82 Å². The maximum Gasteiger partial charge on any atom is 0.430 e. The molecule has 4 rings (SSSR count). The maximum atomic E-state index is 13.1. The summed E-state index contributed by atoms with van der Waals surface area (Å²) in [5, 5.41) is 14.6. The van der Waals surface area contributed by atoms with Gasteiger partial charge in [-0.1, -0.05) is 6.07 Å². The van der Waals surface area contributed by atoms with Crippen molar-refractivity contribution in [1.82, 2.24) is 10.3 Å². The SMILES string of the molecule is O=C(Nc1ccc(F)cc1)C1(c2ccc(C3=C(CO)C=C(C(F)(F)F)NC3)cn2)COC1. The van der Waals surface area contributed by atoms with Crippen molar-refractivity contribution >= 4 is 17.2 Å². The number of amides is 1. The van der Waals surface area contributed by atoms with Crippen molar-refractivity contribution in [3.8, 4) is 0 Å². The molecule has 1 amide bonds. The number of aliphatic hydroxyl groups excluding tert-OH is 1. The average molecular weight is 449 g/mol. The Labute approximate surface area is 180 Å². The first kappa shape index (κ1) is 22.0. The predicted molar refractivity (Wildman–Crippen MR) is 108 cm³/mol. The summed E-state index contributed by atoms with van der Waals surface area (Å²) in [4.78, 5) is 17.3. The van der Waals surface area contributed by atoms with Gasteiger partial charge in [0.15, 0.2) is 0 Å². The number of aromatic nitrogens is 1. The summed E-state index contributed by atoms with van der Waals surface area (Å²) < 4.78 is 57.2. The fourth-order valence-electron chi connectivity index (χ4n) is 3.56. The van der Waals surface area contributed by atoms with E-state index < -0.39 is 29.7 Å². The molecule has 0 spiro atoms. The number of nitrogens with zero attached hydrogens (tertiary/aromatic N) is 1. The topological polar surface area (TPSA) is 83.5 Å². The van der Waals surface area contributed by atoms with Gasteiger partial charge in [-0.15, -0.1) is 0 Å². The van der Waals surface area contributed by atoms with Gasteiger partial charge in [0.1, 0.15) is 16.9 Å². The number of allylic oxidation sites excluding steroid dienone is 1. The minimum absolute atomic E-state index is 0.107. The molecule has 1 fully saturated rings. The number of carbonyl (C=O) groups is 1. The van der Waals surface area contributed by atoms with E-state index in [-0.39, 0.29) is 31.2 Å². The van der Waals surface area contributed by atoms with Gasteiger partial charge in [-0.3, -0.25) is 9.78 Å². The van der Waals surface area contributed by atoms with Gasteiger partial charge in [-0.2, -0.15) is 13.2 Å². The molecular weight excluding hydrogens is 430 g/mol. The molecule has 3 heterocycles. The molecule has 1 aromatic carbocycles. The Balaban J connectivity index is 1.58. The van der Waals surface area contributed by atoms with Crippen molar-refractivity contribution in [2.45, 2.75) is 11.6 Å². The van der Waals surface area contributed by atoms with Gasteiger partial charge < -0.3 is 20.5 Å². The monoisotopic (exact) mass is 449 g/mol. The molecule has 168 valence electrons. The van der Waals surface area contributed by atoms with Crippen LogP contribution in [0.25, 0.3) is 5.57 Å². The Morgan fingerprint density at radius 1 is 1.19 bits per heavy atom. The first-order valence-corrected chi connectivity index (χ1v) is 9.70. The van der Waals surface area contributed by atoms with Crippen molar-refractivity contribution in [3.05, 3.63) is 77.0 Å². The van der Waals surface area contributed by atoms with E-state index in [9.17, 15) is 27.5 Å². The molecule has 2 aromatic rings. The van der Waals surface area contributed by atoms with Crippen molar-refractivity contribution in [3.63, 3.8) is 0 Å². The van der Waals surface area contributed by atoms with Crippen LogP contribution in [0.2, 0.25) is 0 Å². The van der Waals surface area contributed by atoms with Crippen molar-refractivity contribution in [1.29, 1.82) is 0 Å². The van der Waals surface area contributed by atoms with Crippen LogP contribution in [0.1, 0.15) is 11.3 Å². The lowest BCUT2D eigenvalue weighted by Crippen LogP contribution is -2.56. The molecule has 0 saturated carbocycles. The molecule has 0 bridgehead atoms. The third-order valence-electron chi connectivity index (χ3n) is 5.47. The smallest absolute Gasteiger partial charge is 0.392 e. The van der Waals surface area contributed by atoms with Gasteiger partial charge in [-0.05, 0) is 53.1 Å². The second kappa shape index (κ2) is 8.36. The average Bonchev–Trinajstić information content (AvgIpc) is 2.74. The maximum absolute atomic E-state index is 13.1.